The third-order valence-corrected chi connectivity index (χ3v) is 4.05. The van der Waals surface area contributed by atoms with E-state index in [0.29, 0.717) is 31.5 Å². The number of morpholine rings is 1. The second-order valence-corrected chi connectivity index (χ2v) is 6.00. The Morgan fingerprint density at radius 3 is 3.05 bits per heavy atom. The zero-order valence-electron chi connectivity index (χ0n) is 11.0. The minimum atomic E-state index is -0.336. The number of carbonyl (C=O) groups is 1. The number of ether oxygens (including phenoxy) is 1. The van der Waals surface area contributed by atoms with E-state index in [2.05, 4.69) is 26.2 Å². The third-order valence-electron chi connectivity index (χ3n) is 3.47. The number of halogens is 1. The van der Waals surface area contributed by atoms with Crippen molar-refractivity contribution in [3.63, 3.8) is 0 Å². The smallest absolute Gasteiger partial charge is 0.245 e. The summed E-state index contributed by atoms with van der Waals surface area (Å²) >= 11 is 3.47. The molecular formula is C13H17BrN4O2. The topological polar surface area (TPSA) is 80.5 Å². The zero-order valence-corrected chi connectivity index (χ0v) is 12.6. The first kappa shape index (κ1) is 13.6. The number of nitrogens with one attached hydrogen (secondary N) is 1. The molecule has 20 heavy (non-hydrogen) atoms. The van der Waals surface area contributed by atoms with Gasteiger partial charge >= 0.3 is 0 Å². The van der Waals surface area contributed by atoms with Crippen LogP contribution in [0.25, 0.3) is 0 Å². The first-order valence-electron chi connectivity index (χ1n) is 6.71. The van der Waals surface area contributed by atoms with Crippen LogP contribution in [0.5, 0.6) is 0 Å². The van der Waals surface area contributed by atoms with Gasteiger partial charge in [-0.2, -0.15) is 0 Å². The summed E-state index contributed by atoms with van der Waals surface area (Å²) < 4.78 is 6.25. The number of aromatic nitrogens is 1. The maximum Gasteiger partial charge on any atom is 0.245 e. The molecule has 1 aliphatic carbocycles. The first-order chi connectivity index (χ1) is 9.65. The molecule has 3 rings (SSSR count). The molecule has 1 atom stereocenters. The zero-order chi connectivity index (χ0) is 14.1. The van der Waals surface area contributed by atoms with Crippen LogP contribution in [-0.2, 0) is 9.53 Å². The minimum Gasteiger partial charge on any atom is -0.397 e. The van der Waals surface area contributed by atoms with E-state index in [9.17, 15) is 4.79 Å². The highest BCUT2D eigenvalue weighted by Gasteiger charge is 2.34. The molecule has 1 amide bonds. The number of nitrogens with two attached hydrogens (primary N) is 1. The molecular weight excluding hydrogens is 324 g/mol. The average Bonchev–Trinajstić information content (AvgIpc) is 3.23. The number of anilines is 2. The van der Waals surface area contributed by atoms with Gasteiger partial charge in [0.1, 0.15) is 11.9 Å². The molecule has 1 unspecified atom stereocenters. The Balaban J connectivity index is 1.81. The molecule has 2 heterocycles. The molecule has 108 valence electrons. The number of hydrogen-bond donors (Lipinski definition) is 2. The molecule has 1 aliphatic heterocycles. The third kappa shape index (κ3) is 2.88. The van der Waals surface area contributed by atoms with Crippen LogP contribution in [0.4, 0.5) is 11.5 Å². The van der Waals surface area contributed by atoms with Crippen molar-refractivity contribution in [1.82, 2.24) is 10.3 Å². The van der Waals surface area contributed by atoms with Crippen molar-refractivity contribution < 1.29 is 9.53 Å². The highest BCUT2D eigenvalue weighted by Crippen LogP contribution is 2.28. The molecule has 1 aromatic heterocycles. The van der Waals surface area contributed by atoms with Gasteiger partial charge in [0, 0.05) is 12.6 Å². The van der Waals surface area contributed by atoms with E-state index >= 15 is 0 Å². The molecule has 0 spiro atoms. The fourth-order valence-electron chi connectivity index (χ4n) is 2.26. The predicted molar refractivity (Wildman–Crippen MR) is 79.5 cm³/mol. The molecule has 1 saturated heterocycles. The number of rotatable bonds is 3. The van der Waals surface area contributed by atoms with Crippen molar-refractivity contribution in [3.05, 3.63) is 16.7 Å². The van der Waals surface area contributed by atoms with Gasteiger partial charge in [-0.05, 0) is 34.8 Å². The van der Waals surface area contributed by atoms with Crippen LogP contribution in [0.1, 0.15) is 12.8 Å². The van der Waals surface area contributed by atoms with Crippen LogP contribution in [0.15, 0.2) is 16.7 Å². The van der Waals surface area contributed by atoms with Gasteiger partial charge in [-0.3, -0.25) is 4.79 Å². The summed E-state index contributed by atoms with van der Waals surface area (Å²) in [5.74, 6) is 0.746. The quantitative estimate of drug-likeness (QED) is 0.854. The van der Waals surface area contributed by atoms with Crippen LogP contribution in [-0.4, -0.2) is 42.7 Å². The number of nitrogen functional groups attached to an aromatic ring is 1. The van der Waals surface area contributed by atoms with Gasteiger partial charge in [0.2, 0.25) is 5.91 Å². The van der Waals surface area contributed by atoms with Crippen LogP contribution < -0.4 is 16.0 Å². The maximum atomic E-state index is 12.3. The summed E-state index contributed by atoms with van der Waals surface area (Å²) in [6.45, 7) is 1.61. The predicted octanol–water partition coefficient (Wildman–Crippen LogP) is 0.910. The minimum absolute atomic E-state index is 0.0118. The first-order valence-corrected chi connectivity index (χ1v) is 7.50. The summed E-state index contributed by atoms with van der Waals surface area (Å²) in [6.07, 6.45) is 3.75. The van der Waals surface area contributed by atoms with E-state index in [4.69, 9.17) is 10.5 Å². The number of hydrogen-bond acceptors (Lipinski definition) is 5. The van der Waals surface area contributed by atoms with Crippen molar-refractivity contribution in [2.24, 2.45) is 0 Å². The van der Waals surface area contributed by atoms with Crippen LogP contribution in [0, 0.1) is 0 Å². The fraction of sp³-hybridized carbons (Fsp3) is 0.538. The van der Waals surface area contributed by atoms with E-state index in [1.807, 2.05) is 4.90 Å². The Bertz CT molecular complexity index is 521. The lowest BCUT2D eigenvalue weighted by Crippen LogP contribution is -2.54. The van der Waals surface area contributed by atoms with Gasteiger partial charge < -0.3 is 20.7 Å². The molecule has 0 aromatic carbocycles. The van der Waals surface area contributed by atoms with Gasteiger partial charge in [-0.15, -0.1) is 0 Å². The van der Waals surface area contributed by atoms with Gasteiger partial charge in [0.15, 0.2) is 0 Å². The molecule has 7 heteroatoms. The van der Waals surface area contributed by atoms with Gasteiger partial charge in [0.05, 0.1) is 29.6 Å². The fourth-order valence-corrected chi connectivity index (χ4v) is 2.85. The lowest BCUT2D eigenvalue weighted by Gasteiger charge is -2.36. The van der Waals surface area contributed by atoms with Crippen molar-refractivity contribution in [1.29, 1.82) is 0 Å². The Labute approximate surface area is 125 Å². The monoisotopic (exact) mass is 340 g/mol. The standard InChI is InChI=1S/C13H17BrN4O2/c14-10-5-8(15)6-16-12(10)18-3-4-20-7-11(18)13(19)17-9-1-2-9/h5-6,9,11H,1-4,7,15H2,(H,17,19). The molecule has 0 bridgehead atoms. The lowest BCUT2D eigenvalue weighted by molar-refractivity contribution is -0.124. The highest BCUT2D eigenvalue weighted by atomic mass is 79.9. The Hall–Kier alpha value is -1.34. The second kappa shape index (κ2) is 5.57. The van der Waals surface area contributed by atoms with Crippen LogP contribution in [0.3, 0.4) is 0 Å². The van der Waals surface area contributed by atoms with E-state index in [1.165, 1.54) is 0 Å². The van der Waals surface area contributed by atoms with E-state index in [-0.39, 0.29) is 11.9 Å². The molecule has 0 radical (unpaired) electrons. The summed E-state index contributed by atoms with van der Waals surface area (Å²) in [5.41, 5.74) is 6.30. The summed E-state index contributed by atoms with van der Waals surface area (Å²) in [4.78, 5) is 18.6. The summed E-state index contributed by atoms with van der Waals surface area (Å²) in [5, 5.41) is 3.03. The maximum absolute atomic E-state index is 12.3. The average molecular weight is 341 g/mol. The van der Waals surface area contributed by atoms with Gasteiger partial charge in [-0.1, -0.05) is 0 Å². The second-order valence-electron chi connectivity index (χ2n) is 5.14. The van der Waals surface area contributed by atoms with Crippen molar-refractivity contribution in [2.75, 3.05) is 30.4 Å². The number of amides is 1. The summed E-state index contributed by atoms with van der Waals surface area (Å²) in [6, 6.07) is 1.80. The largest absolute Gasteiger partial charge is 0.397 e. The molecule has 2 aliphatic rings. The molecule has 3 N–H and O–H groups in total. The van der Waals surface area contributed by atoms with E-state index in [0.717, 1.165) is 23.1 Å². The number of pyridine rings is 1. The normalized spacial score (nSPS) is 22.6. The Morgan fingerprint density at radius 1 is 1.55 bits per heavy atom. The van der Waals surface area contributed by atoms with Gasteiger partial charge in [0.25, 0.3) is 0 Å². The van der Waals surface area contributed by atoms with Gasteiger partial charge in [-0.25, -0.2) is 4.98 Å². The SMILES string of the molecule is Nc1cnc(N2CCOCC2C(=O)NC2CC2)c(Br)c1. The van der Waals surface area contributed by atoms with Crippen LogP contribution in [0.2, 0.25) is 0 Å². The molecule has 1 aromatic rings. The van der Waals surface area contributed by atoms with Crippen molar-refractivity contribution >= 4 is 33.3 Å². The molecule has 2 fully saturated rings. The lowest BCUT2D eigenvalue weighted by atomic mass is 10.2. The summed E-state index contributed by atoms with van der Waals surface area (Å²) in [7, 11) is 0. The van der Waals surface area contributed by atoms with Crippen LogP contribution >= 0.6 is 15.9 Å². The highest BCUT2D eigenvalue weighted by molar-refractivity contribution is 9.10. The van der Waals surface area contributed by atoms with Crippen molar-refractivity contribution in [2.45, 2.75) is 24.9 Å². The Morgan fingerprint density at radius 2 is 2.35 bits per heavy atom. The van der Waals surface area contributed by atoms with E-state index < -0.39 is 0 Å². The van der Waals surface area contributed by atoms with Crippen molar-refractivity contribution in [3.8, 4) is 0 Å². The van der Waals surface area contributed by atoms with E-state index in [1.54, 1.807) is 12.3 Å². The number of carbonyl (C=O) groups excluding carboxylic acids is 1. The molecule has 1 saturated carbocycles. The molecule has 6 nitrogen and oxygen atoms in total. The number of nitrogens with zero attached hydrogens (tertiary/aromatic N) is 2. The Kier molecular flexibility index (Phi) is 3.80.